The van der Waals surface area contributed by atoms with Crippen molar-refractivity contribution >= 4 is 11.7 Å². The molecular weight excluding hydrogens is 304 g/mol. The first-order valence-electron chi connectivity index (χ1n) is 8.25. The highest BCUT2D eigenvalue weighted by molar-refractivity contribution is 5.91. The summed E-state index contributed by atoms with van der Waals surface area (Å²) >= 11 is 0. The zero-order chi connectivity index (χ0) is 17.1. The molecule has 2 aromatic rings. The van der Waals surface area contributed by atoms with E-state index in [1.54, 1.807) is 7.11 Å². The fourth-order valence-corrected chi connectivity index (χ4v) is 3.01. The first-order chi connectivity index (χ1) is 11.6. The molecular formula is C18H24N4O2. The van der Waals surface area contributed by atoms with Crippen molar-refractivity contribution in [2.24, 2.45) is 0 Å². The minimum atomic E-state index is -0.170. The second kappa shape index (κ2) is 7.05. The van der Waals surface area contributed by atoms with E-state index < -0.39 is 0 Å². The lowest BCUT2D eigenvalue weighted by atomic mass is 10.1. The predicted molar refractivity (Wildman–Crippen MR) is 93.3 cm³/mol. The van der Waals surface area contributed by atoms with Crippen LogP contribution in [0.1, 0.15) is 29.3 Å². The van der Waals surface area contributed by atoms with E-state index in [9.17, 15) is 4.79 Å². The van der Waals surface area contributed by atoms with Gasteiger partial charge in [0.15, 0.2) is 0 Å². The van der Waals surface area contributed by atoms with Gasteiger partial charge < -0.3 is 15.4 Å². The average molecular weight is 328 g/mol. The lowest BCUT2D eigenvalue weighted by Gasteiger charge is -2.08. The van der Waals surface area contributed by atoms with E-state index in [0.717, 1.165) is 23.5 Å². The number of rotatable bonds is 6. The number of aromatic nitrogens is 2. The first kappa shape index (κ1) is 16.5. The van der Waals surface area contributed by atoms with Crippen molar-refractivity contribution in [1.82, 2.24) is 15.1 Å². The molecule has 1 fully saturated rings. The number of carbonyl (C=O) groups excluding carboxylic acids is 1. The minimum Gasteiger partial charge on any atom is -0.383 e. The predicted octanol–water partition coefficient (Wildman–Crippen LogP) is 2.82. The van der Waals surface area contributed by atoms with E-state index >= 15 is 0 Å². The molecule has 3 rings (SSSR count). The van der Waals surface area contributed by atoms with Crippen LogP contribution in [0.3, 0.4) is 0 Å². The number of amides is 2. The van der Waals surface area contributed by atoms with Gasteiger partial charge in [0.25, 0.3) is 0 Å². The van der Waals surface area contributed by atoms with Gasteiger partial charge in [-0.15, -0.1) is 0 Å². The molecule has 1 heterocycles. The standard InChI is InChI=1S/C18H24N4O2/c1-12-17(13(2)22(21-12)9-10-24-3)20-18(23)19-16-11-15(16)14-7-5-4-6-8-14/h4-8,15-16H,9-11H2,1-3H3,(H2,19,20,23)/t15-,16-/m0/s1. The van der Waals surface area contributed by atoms with E-state index in [1.807, 2.05) is 36.7 Å². The van der Waals surface area contributed by atoms with Gasteiger partial charge in [0, 0.05) is 19.1 Å². The Labute approximate surface area is 142 Å². The number of urea groups is 1. The molecule has 2 atom stereocenters. The Morgan fingerprint density at radius 1 is 1.33 bits per heavy atom. The maximum absolute atomic E-state index is 12.3. The Morgan fingerprint density at radius 3 is 2.79 bits per heavy atom. The number of methoxy groups -OCH3 is 1. The maximum atomic E-state index is 12.3. The van der Waals surface area contributed by atoms with Gasteiger partial charge in [0.05, 0.1) is 30.2 Å². The molecule has 0 saturated heterocycles. The van der Waals surface area contributed by atoms with Crippen LogP contribution in [-0.2, 0) is 11.3 Å². The van der Waals surface area contributed by atoms with Gasteiger partial charge >= 0.3 is 6.03 Å². The summed E-state index contributed by atoms with van der Waals surface area (Å²) in [7, 11) is 1.66. The van der Waals surface area contributed by atoms with Crippen LogP contribution in [0.2, 0.25) is 0 Å². The van der Waals surface area contributed by atoms with Crippen molar-refractivity contribution < 1.29 is 9.53 Å². The number of anilines is 1. The van der Waals surface area contributed by atoms with Gasteiger partial charge in [-0.05, 0) is 25.8 Å². The molecule has 1 aromatic heterocycles. The molecule has 2 N–H and O–H groups in total. The first-order valence-corrected chi connectivity index (χ1v) is 8.25. The normalized spacial score (nSPS) is 19.1. The lowest BCUT2D eigenvalue weighted by molar-refractivity contribution is 0.182. The Kier molecular flexibility index (Phi) is 4.85. The monoisotopic (exact) mass is 328 g/mol. The van der Waals surface area contributed by atoms with E-state index in [4.69, 9.17) is 4.74 Å². The summed E-state index contributed by atoms with van der Waals surface area (Å²) in [6, 6.07) is 10.3. The molecule has 1 aromatic carbocycles. The molecule has 6 nitrogen and oxygen atoms in total. The van der Waals surface area contributed by atoms with Crippen molar-refractivity contribution in [3.05, 3.63) is 47.3 Å². The minimum absolute atomic E-state index is 0.170. The molecule has 1 aliphatic rings. The van der Waals surface area contributed by atoms with Gasteiger partial charge in [-0.25, -0.2) is 4.79 Å². The summed E-state index contributed by atoms with van der Waals surface area (Å²) in [5.74, 6) is 0.420. The van der Waals surface area contributed by atoms with Crippen molar-refractivity contribution in [2.75, 3.05) is 19.0 Å². The lowest BCUT2D eigenvalue weighted by Crippen LogP contribution is -2.31. The number of benzene rings is 1. The molecule has 0 spiro atoms. The molecule has 6 heteroatoms. The van der Waals surface area contributed by atoms with Crippen LogP contribution in [0.25, 0.3) is 0 Å². The Balaban J connectivity index is 1.57. The number of nitrogens with one attached hydrogen (secondary N) is 2. The van der Waals surface area contributed by atoms with E-state index in [2.05, 4.69) is 27.9 Å². The fraction of sp³-hybridized carbons (Fsp3) is 0.444. The van der Waals surface area contributed by atoms with E-state index in [0.29, 0.717) is 19.1 Å². The molecule has 2 amide bonds. The number of hydrogen-bond donors (Lipinski definition) is 2. The van der Waals surface area contributed by atoms with Gasteiger partial charge in [0.1, 0.15) is 0 Å². The molecule has 24 heavy (non-hydrogen) atoms. The number of ether oxygens (including phenoxy) is 1. The molecule has 0 aliphatic heterocycles. The topological polar surface area (TPSA) is 68.2 Å². The molecule has 1 saturated carbocycles. The summed E-state index contributed by atoms with van der Waals surface area (Å²) in [6.07, 6.45) is 0.989. The highest BCUT2D eigenvalue weighted by Crippen LogP contribution is 2.40. The van der Waals surface area contributed by atoms with Crippen LogP contribution in [0.15, 0.2) is 30.3 Å². The third-order valence-corrected chi connectivity index (χ3v) is 4.46. The third kappa shape index (κ3) is 3.59. The van der Waals surface area contributed by atoms with Gasteiger partial charge in [-0.1, -0.05) is 30.3 Å². The summed E-state index contributed by atoms with van der Waals surface area (Å²) in [6.45, 7) is 5.12. The van der Waals surface area contributed by atoms with Crippen LogP contribution in [0.5, 0.6) is 0 Å². The van der Waals surface area contributed by atoms with Gasteiger partial charge in [0.2, 0.25) is 0 Å². The third-order valence-electron chi connectivity index (χ3n) is 4.46. The van der Waals surface area contributed by atoms with Crippen LogP contribution < -0.4 is 10.6 Å². The highest BCUT2D eigenvalue weighted by Gasteiger charge is 2.39. The number of aryl methyl sites for hydroxylation is 1. The zero-order valence-corrected chi connectivity index (χ0v) is 14.4. The Morgan fingerprint density at radius 2 is 2.08 bits per heavy atom. The summed E-state index contributed by atoms with van der Waals surface area (Å²) < 4.78 is 6.94. The number of nitrogens with zero attached hydrogens (tertiary/aromatic N) is 2. The van der Waals surface area contributed by atoms with Crippen LogP contribution in [0, 0.1) is 13.8 Å². The van der Waals surface area contributed by atoms with Crippen molar-refractivity contribution in [2.45, 2.75) is 38.8 Å². The van der Waals surface area contributed by atoms with Crippen molar-refractivity contribution in [1.29, 1.82) is 0 Å². The second-order valence-electron chi connectivity index (χ2n) is 6.22. The van der Waals surface area contributed by atoms with Crippen LogP contribution in [-0.4, -0.2) is 35.6 Å². The van der Waals surface area contributed by atoms with E-state index in [1.165, 1.54) is 5.56 Å². The Hall–Kier alpha value is -2.34. The number of carbonyl (C=O) groups is 1. The van der Waals surface area contributed by atoms with Crippen LogP contribution in [0.4, 0.5) is 10.5 Å². The van der Waals surface area contributed by atoms with Crippen LogP contribution >= 0.6 is 0 Å². The summed E-state index contributed by atoms with van der Waals surface area (Å²) in [5, 5.41) is 10.4. The molecule has 0 bridgehead atoms. The molecule has 128 valence electrons. The fourth-order valence-electron chi connectivity index (χ4n) is 3.01. The SMILES string of the molecule is COCCn1nc(C)c(NC(=O)N[C@H]2C[C@H]2c2ccccc2)c1C. The molecule has 0 radical (unpaired) electrons. The maximum Gasteiger partial charge on any atom is 0.319 e. The van der Waals surface area contributed by atoms with E-state index in [-0.39, 0.29) is 12.1 Å². The van der Waals surface area contributed by atoms with Crippen molar-refractivity contribution in [3.63, 3.8) is 0 Å². The highest BCUT2D eigenvalue weighted by atomic mass is 16.5. The summed E-state index contributed by atoms with van der Waals surface area (Å²) in [4.78, 5) is 12.3. The van der Waals surface area contributed by atoms with Crippen molar-refractivity contribution in [3.8, 4) is 0 Å². The smallest absolute Gasteiger partial charge is 0.319 e. The van der Waals surface area contributed by atoms with Gasteiger partial charge in [-0.2, -0.15) is 5.10 Å². The second-order valence-corrected chi connectivity index (χ2v) is 6.22. The largest absolute Gasteiger partial charge is 0.383 e. The quantitative estimate of drug-likeness (QED) is 0.857. The average Bonchev–Trinajstić information content (AvgIpc) is 3.29. The summed E-state index contributed by atoms with van der Waals surface area (Å²) in [5.41, 5.74) is 3.81. The van der Waals surface area contributed by atoms with Gasteiger partial charge in [-0.3, -0.25) is 4.68 Å². The number of hydrogen-bond acceptors (Lipinski definition) is 3. The molecule has 0 unspecified atom stereocenters. The zero-order valence-electron chi connectivity index (χ0n) is 14.4. The Bertz CT molecular complexity index is 711. The molecule has 1 aliphatic carbocycles.